The highest BCUT2D eigenvalue weighted by Gasteiger charge is 2.05. The molecule has 0 saturated carbocycles. The van der Waals surface area contributed by atoms with Gasteiger partial charge >= 0.3 is 0 Å². The molecule has 0 fully saturated rings. The zero-order chi connectivity index (χ0) is 10.6. The van der Waals surface area contributed by atoms with Crippen molar-refractivity contribution < 1.29 is 4.79 Å². The van der Waals surface area contributed by atoms with Gasteiger partial charge in [-0.3, -0.25) is 9.48 Å². The lowest BCUT2D eigenvalue weighted by molar-refractivity contribution is -0.129. The summed E-state index contributed by atoms with van der Waals surface area (Å²) in [6, 6.07) is 0. The molecule has 0 unspecified atom stereocenters. The van der Waals surface area contributed by atoms with E-state index in [0.29, 0.717) is 6.54 Å². The summed E-state index contributed by atoms with van der Waals surface area (Å²) < 4.78 is 1.65. The van der Waals surface area contributed by atoms with Crippen LogP contribution in [0.1, 0.15) is 5.56 Å². The summed E-state index contributed by atoms with van der Waals surface area (Å²) in [5, 5.41) is 7.11. The number of nitrogens with zero attached hydrogens (tertiary/aromatic N) is 3. The molecule has 0 saturated heterocycles. The SMILES string of the molecule is CNCc1cnn(CC(=O)N(C)C)c1. The third-order valence-electron chi connectivity index (χ3n) is 1.86. The van der Waals surface area contributed by atoms with Crippen molar-refractivity contribution in [2.75, 3.05) is 21.1 Å². The smallest absolute Gasteiger partial charge is 0.243 e. The molecule has 14 heavy (non-hydrogen) atoms. The highest BCUT2D eigenvalue weighted by atomic mass is 16.2. The van der Waals surface area contributed by atoms with Crippen LogP contribution in [0, 0.1) is 0 Å². The van der Waals surface area contributed by atoms with Crippen molar-refractivity contribution in [3.63, 3.8) is 0 Å². The Morgan fingerprint density at radius 1 is 1.64 bits per heavy atom. The molecule has 0 aromatic carbocycles. The van der Waals surface area contributed by atoms with Gasteiger partial charge in [-0.05, 0) is 7.05 Å². The molecule has 0 aliphatic rings. The van der Waals surface area contributed by atoms with E-state index < -0.39 is 0 Å². The summed E-state index contributed by atoms with van der Waals surface area (Å²) in [5.41, 5.74) is 1.08. The van der Waals surface area contributed by atoms with Gasteiger partial charge in [0.05, 0.1) is 6.20 Å². The lowest BCUT2D eigenvalue weighted by Crippen LogP contribution is -2.26. The second-order valence-corrected chi connectivity index (χ2v) is 3.36. The lowest BCUT2D eigenvalue weighted by atomic mass is 10.4. The quantitative estimate of drug-likeness (QED) is 0.718. The van der Waals surface area contributed by atoms with Crippen molar-refractivity contribution in [3.05, 3.63) is 18.0 Å². The van der Waals surface area contributed by atoms with Crippen molar-refractivity contribution in [2.24, 2.45) is 0 Å². The molecule has 1 aromatic heterocycles. The van der Waals surface area contributed by atoms with E-state index in [1.807, 2.05) is 13.2 Å². The Morgan fingerprint density at radius 2 is 2.36 bits per heavy atom. The van der Waals surface area contributed by atoms with Crippen LogP contribution in [0.25, 0.3) is 0 Å². The number of amides is 1. The molecule has 0 radical (unpaired) electrons. The van der Waals surface area contributed by atoms with E-state index in [1.54, 1.807) is 29.9 Å². The number of carbonyl (C=O) groups is 1. The maximum Gasteiger partial charge on any atom is 0.243 e. The van der Waals surface area contributed by atoms with Gasteiger partial charge in [0.2, 0.25) is 5.91 Å². The number of hydrogen-bond donors (Lipinski definition) is 1. The number of aromatic nitrogens is 2. The molecule has 1 amide bonds. The number of rotatable bonds is 4. The zero-order valence-corrected chi connectivity index (χ0v) is 8.82. The van der Waals surface area contributed by atoms with Crippen LogP contribution in [-0.4, -0.2) is 41.7 Å². The van der Waals surface area contributed by atoms with Crippen LogP contribution in [0.5, 0.6) is 0 Å². The summed E-state index contributed by atoms with van der Waals surface area (Å²) >= 11 is 0. The Balaban J connectivity index is 2.55. The summed E-state index contributed by atoms with van der Waals surface area (Å²) in [6.45, 7) is 1.08. The van der Waals surface area contributed by atoms with Gasteiger partial charge in [0.15, 0.2) is 0 Å². The van der Waals surface area contributed by atoms with Gasteiger partial charge in [-0.1, -0.05) is 0 Å². The number of nitrogens with one attached hydrogen (secondary N) is 1. The van der Waals surface area contributed by atoms with Gasteiger partial charge < -0.3 is 10.2 Å². The summed E-state index contributed by atoms with van der Waals surface area (Å²) in [6.07, 6.45) is 3.64. The van der Waals surface area contributed by atoms with Gasteiger partial charge in [-0.15, -0.1) is 0 Å². The Kier molecular flexibility index (Phi) is 3.64. The molecule has 0 bridgehead atoms. The van der Waals surface area contributed by atoms with Crippen LogP contribution >= 0.6 is 0 Å². The maximum atomic E-state index is 11.3. The molecule has 1 heterocycles. The summed E-state index contributed by atoms with van der Waals surface area (Å²) in [7, 11) is 5.35. The second kappa shape index (κ2) is 4.76. The van der Waals surface area contributed by atoms with Crippen LogP contribution in [0.15, 0.2) is 12.4 Å². The van der Waals surface area contributed by atoms with Gasteiger partial charge in [-0.2, -0.15) is 5.10 Å². The largest absolute Gasteiger partial charge is 0.347 e. The average molecular weight is 196 g/mol. The van der Waals surface area contributed by atoms with E-state index in [2.05, 4.69) is 10.4 Å². The standard InChI is InChI=1S/C9H16N4O/c1-10-4-8-5-11-13(6-8)7-9(14)12(2)3/h5-6,10H,4,7H2,1-3H3. The molecule has 1 N–H and O–H groups in total. The van der Waals surface area contributed by atoms with Gasteiger partial charge in [-0.25, -0.2) is 0 Å². The third-order valence-corrected chi connectivity index (χ3v) is 1.86. The van der Waals surface area contributed by atoms with E-state index in [-0.39, 0.29) is 5.91 Å². The topological polar surface area (TPSA) is 50.2 Å². The van der Waals surface area contributed by atoms with Gasteiger partial charge in [0.25, 0.3) is 0 Å². The first-order valence-corrected chi connectivity index (χ1v) is 4.49. The second-order valence-electron chi connectivity index (χ2n) is 3.36. The normalized spacial score (nSPS) is 10.2. The minimum Gasteiger partial charge on any atom is -0.347 e. The molecule has 78 valence electrons. The van der Waals surface area contributed by atoms with E-state index in [1.165, 1.54) is 0 Å². The molecule has 0 aliphatic heterocycles. The van der Waals surface area contributed by atoms with Crippen LogP contribution in [0.2, 0.25) is 0 Å². The monoisotopic (exact) mass is 196 g/mol. The highest BCUT2D eigenvalue weighted by Crippen LogP contribution is 1.97. The van der Waals surface area contributed by atoms with E-state index in [4.69, 9.17) is 0 Å². The van der Waals surface area contributed by atoms with Gasteiger partial charge in [0, 0.05) is 32.4 Å². The van der Waals surface area contributed by atoms with Crippen molar-refractivity contribution >= 4 is 5.91 Å². The fraction of sp³-hybridized carbons (Fsp3) is 0.556. The Labute approximate surface area is 83.7 Å². The predicted molar refractivity (Wildman–Crippen MR) is 53.7 cm³/mol. The minimum absolute atomic E-state index is 0.0455. The van der Waals surface area contributed by atoms with Crippen LogP contribution < -0.4 is 5.32 Å². The molecule has 1 aromatic rings. The number of hydrogen-bond acceptors (Lipinski definition) is 3. The van der Waals surface area contributed by atoms with E-state index in [0.717, 1.165) is 12.1 Å². The number of carbonyl (C=O) groups excluding carboxylic acids is 1. The molecular weight excluding hydrogens is 180 g/mol. The Morgan fingerprint density at radius 3 is 2.93 bits per heavy atom. The molecule has 5 heteroatoms. The Hall–Kier alpha value is -1.36. The first kappa shape index (κ1) is 10.7. The predicted octanol–water partition coefficient (Wildman–Crippen LogP) is -0.309. The summed E-state index contributed by atoms with van der Waals surface area (Å²) in [5.74, 6) is 0.0455. The van der Waals surface area contributed by atoms with Crippen molar-refractivity contribution in [1.29, 1.82) is 0 Å². The van der Waals surface area contributed by atoms with Crippen molar-refractivity contribution in [3.8, 4) is 0 Å². The van der Waals surface area contributed by atoms with Crippen LogP contribution in [0.3, 0.4) is 0 Å². The molecule has 0 spiro atoms. The van der Waals surface area contributed by atoms with Crippen LogP contribution in [-0.2, 0) is 17.9 Å². The fourth-order valence-electron chi connectivity index (χ4n) is 1.07. The van der Waals surface area contributed by atoms with Crippen LogP contribution in [0.4, 0.5) is 0 Å². The Bertz CT molecular complexity index is 306. The number of likely N-dealkylation sites (N-methyl/N-ethyl adjacent to an activating group) is 1. The molecule has 0 aliphatic carbocycles. The highest BCUT2D eigenvalue weighted by molar-refractivity contribution is 5.75. The summed E-state index contributed by atoms with van der Waals surface area (Å²) in [4.78, 5) is 12.9. The molecule has 5 nitrogen and oxygen atoms in total. The van der Waals surface area contributed by atoms with E-state index >= 15 is 0 Å². The van der Waals surface area contributed by atoms with Crippen molar-refractivity contribution in [1.82, 2.24) is 20.0 Å². The third kappa shape index (κ3) is 2.85. The first-order chi connectivity index (χ1) is 6.63. The maximum absolute atomic E-state index is 11.3. The molecule has 1 rings (SSSR count). The van der Waals surface area contributed by atoms with E-state index in [9.17, 15) is 4.79 Å². The zero-order valence-electron chi connectivity index (χ0n) is 8.82. The van der Waals surface area contributed by atoms with Gasteiger partial charge in [0.1, 0.15) is 6.54 Å². The lowest BCUT2D eigenvalue weighted by Gasteiger charge is -2.09. The molecular formula is C9H16N4O. The molecule has 0 atom stereocenters. The average Bonchev–Trinajstić information content (AvgIpc) is 2.53. The fourth-order valence-corrected chi connectivity index (χ4v) is 1.07. The first-order valence-electron chi connectivity index (χ1n) is 4.49. The van der Waals surface area contributed by atoms with Crippen molar-refractivity contribution in [2.45, 2.75) is 13.1 Å². The minimum atomic E-state index is 0.0455.